The molecule has 1 aromatic heterocycles. The highest BCUT2D eigenvalue weighted by atomic mass is 79.9. The van der Waals surface area contributed by atoms with E-state index in [2.05, 4.69) is 15.9 Å². The molecule has 128 valence electrons. The number of nitro benzene ring substituents is 1. The SMILES string of the molecule is CC(C)(C)OC(=O)n1ccn(Cc2cc([N+](=O)[O-])ccc2Br)c1=O. The Labute approximate surface area is 145 Å². The largest absolute Gasteiger partial charge is 0.443 e. The second kappa shape index (κ2) is 6.60. The molecule has 0 amide bonds. The molecule has 0 radical (unpaired) electrons. The maximum absolute atomic E-state index is 12.3. The molecule has 0 aliphatic rings. The van der Waals surface area contributed by atoms with Crippen molar-refractivity contribution in [3.63, 3.8) is 0 Å². The van der Waals surface area contributed by atoms with E-state index in [0.29, 0.717) is 10.0 Å². The first kappa shape index (κ1) is 17.9. The van der Waals surface area contributed by atoms with E-state index < -0.39 is 22.3 Å². The molecule has 0 fully saturated rings. The van der Waals surface area contributed by atoms with Crippen LogP contribution in [0, 0.1) is 10.1 Å². The number of hydrogen-bond donors (Lipinski definition) is 0. The van der Waals surface area contributed by atoms with E-state index in [0.717, 1.165) is 4.57 Å². The van der Waals surface area contributed by atoms with Crippen molar-refractivity contribution in [1.29, 1.82) is 0 Å². The van der Waals surface area contributed by atoms with Gasteiger partial charge in [0.15, 0.2) is 0 Å². The van der Waals surface area contributed by atoms with E-state index in [4.69, 9.17) is 4.74 Å². The standard InChI is InChI=1S/C15H16BrN3O5/c1-15(2,3)24-14(21)18-7-6-17(13(18)20)9-10-8-11(19(22)23)4-5-12(10)16/h4-8H,9H2,1-3H3. The first-order valence-corrected chi connectivity index (χ1v) is 7.82. The summed E-state index contributed by atoms with van der Waals surface area (Å²) >= 11 is 3.30. The number of non-ortho nitro benzene ring substituents is 1. The van der Waals surface area contributed by atoms with E-state index >= 15 is 0 Å². The smallest absolute Gasteiger partial charge is 0.422 e. The fourth-order valence-corrected chi connectivity index (χ4v) is 2.33. The lowest BCUT2D eigenvalue weighted by atomic mass is 10.2. The zero-order chi connectivity index (χ0) is 18.1. The van der Waals surface area contributed by atoms with Crippen molar-refractivity contribution < 1.29 is 14.5 Å². The minimum absolute atomic E-state index is 0.0761. The summed E-state index contributed by atoms with van der Waals surface area (Å²) in [5, 5.41) is 10.9. The monoisotopic (exact) mass is 397 g/mol. The van der Waals surface area contributed by atoms with Gasteiger partial charge in [0.2, 0.25) is 0 Å². The highest BCUT2D eigenvalue weighted by Gasteiger charge is 2.20. The van der Waals surface area contributed by atoms with Gasteiger partial charge >= 0.3 is 11.8 Å². The average Bonchev–Trinajstić information content (AvgIpc) is 2.80. The highest BCUT2D eigenvalue weighted by Crippen LogP contribution is 2.23. The van der Waals surface area contributed by atoms with Gasteiger partial charge in [-0.25, -0.2) is 14.2 Å². The molecular formula is C15H16BrN3O5. The van der Waals surface area contributed by atoms with E-state index in [1.165, 1.54) is 29.1 Å². The van der Waals surface area contributed by atoms with Gasteiger partial charge in [-0.05, 0) is 32.4 Å². The molecule has 0 bridgehead atoms. The van der Waals surface area contributed by atoms with Gasteiger partial charge in [-0.1, -0.05) is 15.9 Å². The number of nitro groups is 1. The zero-order valence-electron chi connectivity index (χ0n) is 13.4. The Bertz CT molecular complexity index is 848. The maximum atomic E-state index is 12.3. The first-order valence-electron chi connectivity index (χ1n) is 7.02. The molecule has 0 atom stereocenters. The number of hydrogen-bond acceptors (Lipinski definition) is 5. The highest BCUT2D eigenvalue weighted by molar-refractivity contribution is 9.10. The molecule has 2 rings (SSSR count). The lowest BCUT2D eigenvalue weighted by molar-refractivity contribution is -0.384. The molecule has 0 saturated heterocycles. The third-order valence-corrected chi connectivity index (χ3v) is 3.79. The van der Waals surface area contributed by atoms with Crippen LogP contribution in [-0.2, 0) is 11.3 Å². The number of benzene rings is 1. The van der Waals surface area contributed by atoms with Crippen LogP contribution in [0.2, 0.25) is 0 Å². The summed E-state index contributed by atoms with van der Waals surface area (Å²) in [6, 6.07) is 4.28. The van der Waals surface area contributed by atoms with Gasteiger partial charge in [0.05, 0.1) is 11.5 Å². The molecule has 2 aromatic rings. The molecule has 1 heterocycles. The Hall–Kier alpha value is -2.42. The third kappa shape index (κ3) is 4.10. The predicted molar refractivity (Wildman–Crippen MR) is 90.2 cm³/mol. The van der Waals surface area contributed by atoms with Crippen molar-refractivity contribution in [2.75, 3.05) is 0 Å². The van der Waals surface area contributed by atoms with Gasteiger partial charge in [-0.3, -0.25) is 14.7 Å². The van der Waals surface area contributed by atoms with Crippen LogP contribution in [0.1, 0.15) is 26.3 Å². The van der Waals surface area contributed by atoms with Gasteiger partial charge in [0.1, 0.15) is 5.60 Å². The topological polar surface area (TPSA) is 96.4 Å². The van der Waals surface area contributed by atoms with Crippen LogP contribution in [0.15, 0.2) is 39.9 Å². The number of rotatable bonds is 3. The molecule has 0 aliphatic heterocycles. The average molecular weight is 398 g/mol. The van der Waals surface area contributed by atoms with Crippen molar-refractivity contribution in [3.8, 4) is 0 Å². The molecule has 0 spiro atoms. The summed E-state index contributed by atoms with van der Waals surface area (Å²) in [6.45, 7) is 5.18. The van der Waals surface area contributed by atoms with Crippen molar-refractivity contribution in [2.24, 2.45) is 0 Å². The second-order valence-electron chi connectivity index (χ2n) is 6.09. The van der Waals surface area contributed by atoms with E-state index in [1.54, 1.807) is 26.8 Å². The third-order valence-electron chi connectivity index (χ3n) is 3.02. The fourth-order valence-electron chi connectivity index (χ4n) is 1.96. The summed E-state index contributed by atoms with van der Waals surface area (Å²) in [5.74, 6) is 0. The first-order chi connectivity index (χ1) is 11.1. The predicted octanol–water partition coefficient (Wildman–Crippen LogP) is 3.15. The van der Waals surface area contributed by atoms with Crippen LogP contribution in [0.3, 0.4) is 0 Å². The normalized spacial score (nSPS) is 11.3. The lowest BCUT2D eigenvalue weighted by Crippen LogP contribution is -2.34. The number of halogens is 1. The van der Waals surface area contributed by atoms with Gasteiger partial charge in [-0.15, -0.1) is 0 Å². The Morgan fingerprint density at radius 2 is 2.00 bits per heavy atom. The molecule has 1 aromatic carbocycles. The summed E-state index contributed by atoms with van der Waals surface area (Å²) < 4.78 is 7.91. The Balaban J connectivity index is 2.30. The molecule has 9 heteroatoms. The van der Waals surface area contributed by atoms with Crippen molar-refractivity contribution in [1.82, 2.24) is 9.13 Å². The minimum atomic E-state index is -0.774. The van der Waals surface area contributed by atoms with Gasteiger partial charge in [0, 0.05) is 29.0 Å². The van der Waals surface area contributed by atoms with Crippen LogP contribution in [0.5, 0.6) is 0 Å². The number of imidazole rings is 1. The second-order valence-corrected chi connectivity index (χ2v) is 6.95. The molecule has 24 heavy (non-hydrogen) atoms. The molecule has 0 aliphatic carbocycles. The molecule has 8 nitrogen and oxygen atoms in total. The number of nitrogens with zero attached hydrogens (tertiary/aromatic N) is 3. The van der Waals surface area contributed by atoms with Crippen molar-refractivity contribution in [2.45, 2.75) is 32.9 Å². The van der Waals surface area contributed by atoms with Gasteiger partial charge in [0.25, 0.3) is 5.69 Å². The van der Waals surface area contributed by atoms with E-state index in [9.17, 15) is 19.7 Å². The number of carbonyl (C=O) groups is 1. The summed E-state index contributed by atoms with van der Waals surface area (Å²) in [6.07, 6.45) is 1.96. The Kier molecular flexibility index (Phi) is 4.93. The summed E-state index contributed by atoms with van der Waals surface area (Å²) in [5.41, 5.74) is -0.828. The quantitative estimate of drug-likeness (QED) is 0.585. The van der Waals surface area contributed by atoms with Gasteiger partial charge < -0.3 is 4.74 Å². The minimum Gasteiger partial charge on any atom is -0.443 e. The van der Waals surface area contributed by atoms with Crippen LogP contribution in [-0.4, -0.2) is 25.8 Å². The Morgan fingerprint density at radius 1 is 1.33 bits per heavy atom. The summed E-state index contributed by atoms with van der Waals surface area (Å²) in [7, 11) is 0. The van der Waals surface area contributed by atoms with Gasteiger partial charge in [-0.2, -0.15) is 0 Å². The number of ether oxygens (including phenoxy) is 1. The molecule has 0 saturated carbocycles. The van der Waals surface area contributed by atoms with Crippen molar-refractivity contribution >= 4 is 27.7 Å². The fraction of sp³-hybridized carbons (Fsp3) is 0.333. The number of carbonyl (C=O) groups excluding carboxylic acids is 1. The van der Waals surface area contributed by atoms with Crippen LogP contribution in [0.4, 0.5) is 10.5 Å². The maximum Gasteiger partial charge on any atom is 0.422 e. The van der Waals surface area contributed by atoms with Crippen LogP contribution in [0.25, 0.3) is 0 Å². The van der Waals surface area contributed by atoms with Crippen LogP contribution >= 0.6 is 15.9 Å². The molecule has 0 unspecified atom stereocenters. The van der Waals surface area contributed by atoms with Crippen molar-refractivity contribution in [3.05, 3.63) is 61.2 Å². The van der Waals surface area contributed by atoms with E-state index in [-0.39, 0.29) is 12.2 Å². The Morgan fingerprint density at radius 3 is 2.58 bits per heavy atom. The number of aromatic nitrogens is 2. The zero-order valence-corrected chi connectivity index (χ0v) is 14.9. The van der Waals surface area contributed by atoms with E-state index in [1.807, 2.05) is 0 Å². The molecular weight excluding hydrogens is 382 g/mol. The summed E-state index contributed by atoms with van der Waals surface area (Å²) in [4.78, 5) is 34.6. The lowest BCUT2D eigenvalue weighted by Gasteiger charge is -2.18. The molecule has 0 N–H and O–H groups in total. The van der Waals surface area contributed by atoms with Crippen LogP contribution < -0.4 is 5.69 Å².